The van der Waals surface area contributed by atoms with Crippen LogP contribution in [0.1, 0.15) is 52.6 Å². The summed E-state index contributed by atoms with van der Waals surface area (Å²) in [5.41, 5.74) is 2.44. The fourth-order valence-electron chi connectivity index (χ4n) is 3.33. The van der Waals surface area contributed by atoms with Crippen molar-refractivity contribution < 1.29 is 4.79 Å². The van der Waals surface area contributed by atoms with Crippen LogP contribution in [0, 0.1) is 0 Å². The van der Waals surface area contributed by atoms with E-state index in [2.05, 4.69) is 20.3 Å². The van der Waals surface area contributed by atoms with E-state index in [1.807, 2.05) is 55.8 Å². The second-order valence-electron chi connectivity index (χ2n) is 7.28. The van der Waals surface area contributed by atoms with Crippen LogP contribution in [0.3, 0.4) is 0 Å². The van der Waals surface area contributed by atoms with Crippen LogP contribution in [0.15, 0.2) is 58.8 Å². The van der Waals surface area contributed by atoms with Crippen LogP contribution in [0.25, 0.3) is 10.9 Å². The third kappa shape index (κ3) is 4.14. The molecule has 7 heteroatoms. The van der Waals surface area contributed by atoms with Gasteiger partial charge >= 0.3 is 0 Å². The Hall–Kier alpha value is -3.19. The Labute approximate surface area is 172 Å². The van der Waals surface area contributed by atoms with Crippen molar-refractivity contribution in [1.29, 1.82) is 0 Å². The molecule has 4 rings (SSSR count). The number of amides is 1. The lowest BCUT2D eigenvalue weighted by Crippen LogP contribution is -2.31. The highest BCUT2D eigenvalue weighted by Gasteiger charge is 2.21. The number of H-pyrrole nitrogens is 2. The van der Waals surface area contributed by atoms with Gasteiger partial charge in [-0.1, -0.05) is 38.1 Å². The Morgan fingerprint density at radius 1 is 1.21 bits per heavy atom. The van der Waals surface area contributed by atoms with Crippen molar-refractivity contribution in [3.8, 4) is 0 Å². The van der Waals surface area contributed by atoms with E-state index in [4.69, 9.17) is 0 Å². The van der Waals surface area contributed by atoms with Crippen molar-refractivity contribution in [2.75, 3.05) is 0 Å². The van der Waals surface area contributed by atoms with E-state index in [1.165, 1.54) is 17.4 Å². The van der Waals surface area contributed by atoms with Crippen molar-refractivity contribution in [3.63, 3.8) is 0 Å². The molecule has 6 nitrogen and oxygen atoms in total. The van der Waals surface area contributed by atoms with Crippen molar-refractivity contribution in [2.24, 2.45) is 0 Å². The third-order valence-electron chi connectivity index (χ3n) is 4.83. The largest absolute Gasteiger partial charge is 0.361 e. The summed E-state index contributed by atoms with van der Waals surface area (Å²) in [6.45, 7) is 3.95. The van der Waals surface area contributed by atoms with Gasteiger partial charge in [-0.25, -0.2) is 4.98 Å². The Kier molecular flexibility index (Phi) is 5.31. The van der Waals surface area contributed by atoms with Crippen LogP contribution >= 0.6 is 11.3 Å². The van der Waals surface area contributed by atoms with Crippen molar-refractivity contribution >= 4 is 28.1 Å². The minimum Gasteiger partial charge on any atom is -0.361 e. The minimum atomic E-state index is -0.427. The summed E-state index contributed by atoms with van der Waals surface area (Å²) in [7, 11) is 0. The van der Waals surface area contributed by atoms with Crippen LogP contribution < -0.4 is 10.9 Å². The molecule has 29 heavy (non-hydrogen) atoms. The van der Waals surface area contributed by atoms with Gasteiger partial charge in [0.05, 0.1) is 16.6 Å². The smallest absolute Gasteiger partial charge is 0.261 e. The second kappa shape index (κ2) is 8.05. The SMILES string of the molecule is CC(C)c1nc([C@H](Cc2c[nH]c3ccccc23)NC(=O)c2cccs2)cc(=O)[nH]1. The summed E-state index contributed by atoms with van der Waals surface area (Å²) in [6.07, 6.45) is 2.47. The molecule has 0 aliphatic rings. The summed E-state index contributed by atoms with van der Waals surface area (Å²) in [5, 5.41) is 6.04. The van der Waals surface area contributed by atoms with Crippen LogP contribution in [0.5, 0.6) is 0 Å². The van der Waals surface area contributed by atoms with Gasteiger partial charge in [0, 0.05) is 35.5 Å². The lowest BCUT2D eigenvalue weighted by Gasteiger charge is -2.19. The molecule has 148 valence electrons. The van der Waals surface area contributed by atoms with E-state index in [9.17, 15) is 9.59 Å². The zero-order chi connectivity index (χ0) is 20.4. The summed E-state index contributed by atoms with van der Waals surface area (Å²) in [5.74, 6) is 0.518. The summed E-state index contributed by atoms with van der Waals surface area (Å²) < 4.78 is 0. The molecule has 1 aromatic carbocycles. The highest BCUT2D eigenvalue weighted by Crippen LogP contribution is 2.24. The van der Waals surface area contributed by atoms with Crippen molar-refractivity contribution in [2.45, 2.75) is 32.2 Å². The van der Waals surface area contributed by atoms with Crippen molar-refractivity contribution in [3.05, 3.63) is 86.4 Å². The molecular formula is C22H22N4O2S. The number of fused-ring (bicyclic) bond motifs is 1. The van der Waals surface area contributed by atoms with Crippen LogP contribution in [0.2, 0.25) is 0 Å². The Balaban J connectivity index is 1.73. The third-order valence-corrected chi connectivity index (χ3v) is 5.70. The number of aromatic amines is 2. The first-order valence-electron chi connectivity index (χ1n) is 9.52. The second-order valence-corrected chi connectivity index (χ2v) is 8.22. The molecule has 1 amide bonds. The molecule has 0 aliphatic heterocycles. The molecule has 3 heterocycles. The van der Waals surface area contributed by atoms with E-state index in [1.54, 1.807) is 6.07 Å². The summed E-state index contributed by atoms with van der Waals surface area (Å²) in [6, 6.07) is 12.7. The number of aromatic nitrogens is 3. The van der Waals surface area contributed by atoms with Gasteiger partial charge in [0.15, 0.2) is 0 Å². The standard InChI is InChI=1S/C22H22N4O2S/c1-13(2)21-24-18(11-20(27)26-21)17(25-22(28)19-8-5-9-29-19)10-14-12-23-16-7-4-3-6-15(14)16/h3-9,11-13,17,23H,10H2,1-2H3,(H,25,28)(H,24,26,27)/t17-/m0/s1. The van der Waals surface area contributed by atoms with Gasteiger partial charge in [0.25, 0.3) is 11.5 Å². The zero-order valence-electron chi connectivity index (χ0n) is 16.2. The maximum atomic E-state index is 12.8. The molecular weight excluding hydrogens is 384 g/mol. The molecule has 3 N–H and O–H groups in total. The van der Waals surface area contributed by atoms with Crippen LogP contribution in [-0.4, -0.2) is 20.9 Å². The number of para-hydroxylation sites is 1. The number of carbonyl (C=O) groups is 1. The van der Waals surface area contributed by atoms with Gasteiger partial charge in [-0.15, -0.1) is 11.3 Å². The van der Waals surface area contributed by atoms with E-state index >= 15 is 0 Å². The van der Waals surface area contributed by atoms with Crippen LogP contribution in [0.4, 0.5) is 0 Å². The minimum absolute atomic E-state index is 0.0735. The number of benzene rings is 1. The van der Waals surface area contributed by atoms with E-state index < -0.39 is 6.04 Å². The topological polar surface area (TPSA) is 90.6 Å². The molecule has 1 atom stereocenters. The number of nitrogens with zero attached hydrogens (tertiary/aromatic N) is 1. The number of thiophene rings is 1. The first-order chi connectivity index (χ1) is 14.0. The molecule has 0 unspecified atom stereocenters. The molecule has 3 aromatic heterocycles. The lowest BCUT2D eigenvalue weighted by atomic mass is 10.0. The Bertz CT molecular complexity index is 1190. The van der Waals surface area contributed by atoms with Crippen molar-refractivity contribution in [1.82, 2.24) is 20.3 Å². The van der Waals surface area contributed by atoms with E-state index in [0.29, 0.717) is 22.8 Å². The molecule has 4 aromatic rings. The number of nitrogens with one attached hydrogen (secondary N) is 3. The number of hydrogen-bond donors (Lipinski definition) is 3. The first kappa shape index (κ1) is 19.1. The molecule has 0 bridgehead atoms. The number of hydrogen-bond acceptors (Lipinski definition) is 4. The van der Waals surface area contributed by atoms with Gasteiger partial charge in [0.2, 0.25) is 0 Å². The van der Waals surface area contributed by atoms with Gasteiger partial charge in [-0.05, 0) is 23.1 Å². The van der Waals surface area contributed by atoms with Gasteiger partial charge in [-0.3, -0.25) is 9.59 Å². The fraction of sp³-hybridized carbons (Fsp3) is 0.227. The molecule has 0 spiro atoms. The monoisotopic (exact) mass is 406 g/mol. The molecule has 0 saturated carbocycles. The fourth-order valence-corrected chi connectivity index (χ4v) is 3.96. The lowest BCUT2D eigenvalue weighted by molar-refractivity contribution is 0.0939. The Morgan fingerprint density at radius 3 is 2.79 bits per heavy atom. The maximum Gasteiger partial charge on any atom is 0.261 e. The first-order valence-corrected chi connectivity index (χ1v) is 10.4. The summed E-state index contributed by atoms with van der Waals surface area (Å²) in [4.78, 5) is 36.3. The normalized spacial score (nSPS) is 12.4. The van der Waals surface area contributed by atoms with E-state index in [-0.39, 0.29) is 17.4 Å². The van der Waals surface area contributed by atoms with Gasteiger partial charge in [-0.2, -0.15) is 0 Å². The predicted octanol–water partition coefficient (Wildman–Crippen LogP) is 4.15. The highest BCUT2D eigenvalue weighted by atomic mass is 32.1. The van der Waals surface area contributed by atoms with Crippen LogP contribution in [-0.2, 0) is 6.42 Å². The molecule has 0 radical (unpaired) electrons. The molecule has 0 aliphatic carbocycles. The zero-order valence-corrected chi connectivity index (χ0v) is 17.0. The van der Waals surface area contributed by atoms with Gasteiger partial charge in [0.1, 0.15) is 5.82 Å². The van der Waals surface area contributed by atoms with E-state index in [0.717, 1.165) is 16.5 Å². The average molecular weight is 407 g/mol. The van der Waals surface area contributed by atoms with Gasteiger partial charge < -0.3 is 15.3 Å². The predicted molar refractivity (Wildman–Crippen MR) is 115 cm³/mol. The molecule has 0 fully saturated rings. The quantitative estimate of drug-likeness (QED) is 0.449. The number of carbonyl (C=O) groups excluding carboxylic acids is 1. The average Bonchev–Trinajstić information content (AvgIpc) is 3.37. The maximum absolute atomic E-state index is 12.8. The molecule has 0 saturated heterocycles. The number of rotatable bonds is 6. The Morgan fingerprint density at radius 2 is 2.03 bits per heavy atom. The summed E-state index contributed by atoms with van der Waals surface area (Å²) >= 11 is 1.38. The highest BCUT2D eigenvalue weighted by molar-refractivity contribution is 7.12.